The van der Waals surface area contributed by atoms with Crippen LogP contribution in [0.15, 0.2) is 53.6 Å². The van der Waals surface area contributed by atoms with Crippen LogP contribution in [0.5, 0.6) is 5.88 Å². The van der Waals surface area contributed by atoms with Crippen molar-refractivity contribution in [2.45, 2.75) is 68.5 Å². The summed E-state index contributed by atoms with van der Waals surface area (Å²) in [6, 6.07) is 13.0. The highest BCUT2D eigenvalue weighted by molar-refractivity contribution is 7.89. The van der Waals surface area contributed by atoms with E-state index < -0.39 is 10.0 Å². The molecule has 2 unspecified atom stereocenters. The van der Waals surface area contributed by atoms with E-state index in [1.807, 2.05) is 30.3 Å². The zero-order valence-corrected chi connectivity index (χ0v) is 16.6. The summed E-state index contributed by atoms with van der Waals surface area (Å²) in [5.74, 6) is 1.000. The number of piperidine rings is 1. The van der Waals surface area contributed by atoms with Gasteiger partial charge < -0.3 is 4.74 Å². The van der Waals surface area contributed by atoms with E-state index >= 15 is 0 Å². The average molecular weight is 387 g/mol. The lowest BCUT2D eigenvalue weighted by Gasteiger charge is -2.37. The van der Waals surface area contributed by atoms with Crippen molar-refractivity contribution in [2.24, 2.45) is 0 Å². The van der Waals surface area contributed by atoms with Crippen molar-refractivity contribution in [1.82, 2.24) is 9.29 Å². The van der Waals surface area contributed by atoms with Gasteiger partial charge in [-0.3, -0.25) is 0 Å². The average Bonchev–Trinajstić information content (AvgIpc) is 2.95. The van der Waals surface area contributed by atoms with Crippen LogP contribution in [0.1, 0.15) is 51.0 Å². The van der Waals surface area contributed by atoms with Gasteiger partial charge in [0.2, 0.25) is 15.9 Å². The number of sulfonamides is 1. The van der Waals surface area contributed by atoms with E-state index in [2.05, 4.69) is 18.8 Å². The Labute approximate surface area is 161 Å². The van der Waals surface area contributed by atoms with Gasteiger partial charge in [0.25, 0.3) is 0 Å². The lowest BCUT2D eigenvalue weighted by Crippen LogP contribution is -2.49. The maximum atomic E-state index is 13.3. The highest BCUT2D eigenvalue weighted by Gasteiger charge is 2.47. The molecule has 5 nitrogen and oxygen atoms in total. The van der Waals surface area contributed by atoms with Crippen molar-refractivity contribution < 1.29 is 13.2 Å². The third kappa shape index (κ3) is 3.60. The van der Waals surface area contributed by atoms with Crippen LogP contribution in [-0.2, 0) is 10.0 Å². The van der Waals surface area contributed by atoms with E-state index in [0.29, 0.717) is 16.7 Å². The third-order valence-corrected chi connectivity index (χ3v) is 7.69. The van der Waals surface area contributed by atoms with Crippen LogP contribution in [0.2, 0.25) is 0 Å². The van der Waals surface area contributed by atoms with Gasteiger partial charge in [-0.2, -0.15) is 4.31 Å². The Morgan fingerprint density at radius 3 is 2.26 bits per heavy atom. The first-order valence-corrected chi connectivity index (χ1v) is 11.1. The molecule has 0 amide bonds. The molecule has 2 aliphatic rings. The van der Waals surface area contributed by atoms with E-state index in [1.54, 1.807) is 22.6 Å². The quantitative estimate of drug-likeness (QED) is 0.780. The summed E-state index contributed by atoms with van der Waals surface area (Å²) in [6.45, 7) is 4.21. The molecule has 0 saturated carbocycles. The van der Waals surface area contributed by atoms with Crippen LogP contribution < -0.4 is 4.74 Å². The number of hydrogen-bond acceptors (Lipinski definition) is 4. The Hall–Kier alpha value is -1.92. The number of aromatic nitrogens is 1. The Morgan fingerprint density at radius 1 is 1.04 bits per heavy atom. The highest BCUT2D eigenvalue weighted by Crippen LogP contribution is 2.40. The molecule has 4 rings (SSSR count). The molecule has 2 atom stereocenters. The largest absolute Gasteiger partial charge is 0.474 e. The molecule has 3 heterocycles. The lowest BCUT2D eigenvalue weighted by molar-refractivity contribution is 0.0918. The first-order chi connectivity index (χ1) is 12.9. The number of pyridine rings is 1. The second-order valence-corrected chi connectivity index (χ2v) is 9.67. The topological polar surface area (TPSA) is 59.5 Å². The maximum absolute atomic E-state index is 13.3. The fraction of sp³-hybridized carbons (Fsp3) is 0.476. The maximum Gasteiger partial charge on any atom is 0.243 e. The van der Waals surface area contributed by atoms with E-state index in [1.165, 1.54) is 0 Å². The monoisotopic (exact) mass is 386 g/mol. The van der Waals surface area contributed by atoms with Gasteiger partial charge in [0.15, 0.2) is 0 Å². The Morgan fingerprint density at radius 2 is 1.70 bits per heavy atom. The highest BCUT2D eigenvalue weighted by atomic mass is 32.2. The summed E-state index contributed by atoms with van der Waals surface area (Å²) >= 11 is 0. The van der Waals surface area contributed by atoms with Crippen LogP contribution in [0.4, 0.5) is 0 Å². The molecule has 2 aliphatic heterocycles. The van der Waals surface area contributed by atoms with Gasteiger partial charge in [0, 0.05) is 37.2 Å². The Bertz CT molecular complexity index is 867. The number of benzene rings is 1. The summed E-state index contributed by atoms with van der Waals surface area (Å²) in [5, 5.41) is 0. The Kier molecular flexibility index (Phi) is 4.95. The smallest absolute Gasteiger partial charge is 0.243 e. The van der Waals surface area contributed by atoms with Crippen LogP contribution in [0.3, 0.4) is 0 Å². The summed E-state index contributed by atoms with van der Waals surface area (Å²) < 4.78 is 34.3. The summed E-state index contributed by atoms with van der Waals surface area (Å²) in [4.78, 5) is 4.62. The first-order valence-electron chi connectivity index (χ1n) is 9.66. The SMILES string of the molecule is CC(C)c1ccc(S(=O)(=O)N2C3CCC2CC(Oc2ccccn2)C3)cc1. The van der Waals surface area contributed by atoms with Crippen molar-refractivity contribution in [3.8, 4) is 5.88 Å². The molecular formula is C21H26N2O3S. The second kappa shape index (κ2) is 7.24. The zero-order valence-electron chi connectivity index (χ0n) is 15.8. The molecule has 2 aromatic rings. The number of ether oxygens (including phenoxy) is 1. The van der Waals surface area contributed by atoms with Crippen LogP contribution >= 0.6 is 0 Å². The molecule has 2 saturated heterocycles. The van der Waals surface area contributed by atoms with Crippen molar-refractivity contribution >= 4 is 10.0 Å². The molecule has 27 heavy (non-hydrogen) atoms. The standard InChI is InChI=1S/C21H26N2O3S/c1-15(2)16-6-10-20(11-7-16)27(24,25)23-17-8-9-18(23)14-19(13-17)26-21-5-3-4-12-22-21/h3-7,10-12,15,17-19H,8-9,13-14H2,1-2H3. The third-order valence-electron chi connectivity index (χ3n) is 5.67. The Balaban J connectivity index is 1.51. The predicted octanol–water partition coefficient (Wildman–Crippen LogP) is 3.97. The normalized spacial score (nSPS) is 25.7. The predicted molar refractivity (Wildman–Crippen MR) is 104 cm³/mol. The minimum atomic E-state index is -3.47. The molecule has 144 valence electrons. The number of fused-ring (bicyclic) bond motifs is 2. The van der Waals surface area contributed by atoms with E-state index in [4.69, 9.17) is 4.74 Å². The molecule has 6 heteroatoms. The van der Waals surface area contributed by atoms with Gasteiger partial charge in [-0.15, -0.1) is 0 Å². The molecule has 2 bridgehead atoms. The molecular weight excluding hydrogens is 360 g/mol. The van der Waals surface area contributed by atoms with Gasteiger partial charge in [-0.25, -0.2) is 13.4 Å². The number of nitrogens with zero attached hydrogens (tertiary/aromatic N) is 2. The van der Waals surface area contributed by atoms with E-state index in [9.17, 15) is 8.42 Å². The van der Waals surface area contributed by atoms with Gasteiger partial charge in [-0.05, 0) is 42.5 Å². The number of rotatable bonds is 5. The summed E-state index contributed by atoms with van der Waals surface area (Å²) in [7, 11) is -3.47. The molecule has 1 aromatic carbocycles. The van der Waals surface area contributed by atoms with E-state index in [-0.39, 0.29) is 18.2 Å². The molecule has 0 aliphatic carbocycles. The lowest BCUT2D eigenvalue weighted by atomic mass is 10.0. The fourth-order valence-corrected chi connectivity index (χ4v) is 6.20. The molecule has 2 fully saturated rings. The summed E-state index contributed by atoms with van der Waals surface area (Å²) in [6.07, 6.45) is 4.97. The van der Waals surface area contributed by atoms with Crippen molar-refractivity contribution in [1.29, 1.82) is 0 Å². The van der Waals surface area contributed by atoms with E-state index in [0.717, 1.165) is 31.2 Å². The van der Waals surface area contributed by atoms with Gasteiger partial charge in [-0.1, -0.05) is 32.0 Å². The first kappa shape index (κ1) is 18.4. The van der Waals surface area contributed by atoms with Gasteiger partial charge in [0.05, 0.1) is 4.90 Å². The second-order valence-electron chi connectivity index (χ2n) is 7.82. The van der Waals surface area contributed by atoms with Crippen molar-refractivity contribution in [3.05, 3.63) is 54.2 Å². The minimum absolute atomic E-state index is 0.00670. The number of hydrogen-bond donors (Lipinski definition) is 0. The zero-order chi connectivity index (χ0) is 19.0. The van der Waals surface area contributed by atoms with Crippen molar-refractivity contribution in [3.63, 3.8) is 0 Å². The van der Waals surface area contributed by atoms with Crippen molar-refractivity contribution in [2.75, 3.05) is 0 Å². The molecule has 0 N–H and O–H groups in total. The van der Waals surface area contributed by atoms with Gasteiger partial charge in [0.1, 0.15) is 6.10 Å². The molecule has 1 aromatic heterocycles. The van der Waals surface area contributed by atoms with Crippen LogP contribution in [0, 0.1) is 0 Å². The fourth-order valence-electron chi connectivity index (χ4n) is 4.31. The van der Waals surface area contributed by atoms with Crippen LogP contribution in [-0.4, -0.2) is 35.9 Å². The van der Waals surface area contributed by atoms with Gasteiger partial charge >= 0.3 is 0 Å². The summed E-state index contributed by atoms with van der Waals surface area (Å²) in [5.41, 5.74) is 1.15. The minimum Gasteiger partial charge on any atom is -0.474 e. The molecule has 0 radical (unpaired) electrons. The van der Waals surface area contributed by atoms with Crippen LogP contribution in [0.25, 0.3) is 0 Å². The molecule has 0 spiro atoms.